The molecule has 1 atom stereocenters. The van der Waals surface area contributed by atoms with Crippen LogP contribution in [0, 0.1) is 0 Å². The number of carboxylic acid groups (broad SMARTS) is 1. The molecule has 2 aromatic rings. The predicted octanol–water partition coefficient (Wildman–Crippen LogP) is 2.71. The molecule has 0 aromatic heterocycles. The fraction of sp³-hybridized carbons (Fsp3) is 0.267. The number of hydrogen-bond acceptors (Lipinski definition) is 3. The quantitative estimate of drug-likeness (QED) is 0.866. The van der Waals surface area contributed by atoms with Gasteiger partial charge in [-0.15, -0.1) is 0 Å². The molecule has 0 saturated carbocycles. The summed E-state index contributed by atoms with van der Waals surface area (Å²) in [5, 5.41) is 10.7. The number of hydrogen-bond donors (Lipinski definition) is 2. The molecule has 0 spiro atoms. The maximum Gasteiger partial charge on any atom is 0.303 e. The van der Waals surface area contributed by atoms with Crippen LogP contribution >= 0.6 is 0 Å². The normalized spacial score (nSPS) is 12.3. The molecular weight excluding hydrogens is 242 g/mol. The van der Waals surface area contributed by atoms with Crippen LogP contribution in [0.4, 0.5) is 0 Å². The summed E-state index contributed by atoms with van der Waals surface area (Å²) in [6, 6.07) is 11.3. The smallest absolute Gasteiger partial charge is 0.303 e. The Bertz CT molecular complexity index is 595. The van der Waals surface area contributed by atoms with Gasteiger partial charge in [0.2, 0.25) is 0 Å². The van der Waals surface area contributed by atoms with Gasteiger partial charge in [0.05, 0.1) is 7.11 Å². The van der Waals surface area contributed by atoms with Crippen molar-refractivity contribution in [1.29, 1.82) is 0 Å². The third kappa shape index (κ3) is 2.85. The molecule has 0 heterocycles. The minimum atomic E-state index is -0.826. The van der Waals surface area contributed by atoms with Crippen molar-refractivity contribution in [3.8, 4) is 5.75 Å². The topological polar surface area (TPSA) is 72.5 Å². The van der Waals surface area contributed by atoms with Crippen LogP contribution in [-0.2, 0) is 4.79 Å². The number of fused-ring (bicyclic) bond motifs is 1. The van der Waals surface area contributed by atoms with Gasteiger partial charge in [0.1, 0.15) is 5.75 Å². The zero-order chi connectivity index (χ0) is 13.8. The third-order valence-electron chi connectivity index (χ3n) is 3.21. The maximum atomic E-state index is 10.6. The van der Waals surface area contributed by atoms with Crippen molar-refractivity contribution in [1.82, 2.24) is 0 Å². The summed E-state index contributed by atoms with van der Waals surface area (Å²) >= 11 is 0. The fourth-order valence-electron chi connectivity index (χ4n) is 2.23. The van der Waals surface area contributed by atoms with E-state index < -0.39 is 5.97 Å². The van der Waals surface area contributed by atoms with Crippen LogP contribution in [0.25, 0.3) is 10.8 Å². The van der Waals surface area contributed by atoms with Crippen molar-refractivity contribution in [3.63, 3.8) is 0 Å². The van der Waals surface area contributed by atoms with Gasteiger partial charge in [0, 0.05) is 17.8 Å². The average molecular weight is 259 g/mol. The molecule has 0 aliphatic rings. The number of nitrogens with two attached hydrogens (primary N) is 1. The van der Waals surface area contributed by atoms with Crippen molar-refractivity contribution >= 4 is 16.7 Å². The van der Waals surface area contributed by atoms with E-state index in [1.165, 1.54) is 0 Å². The largest absolute Gasteiger partial charge is 0.496 e. The number of rotatable bonds is 5. The highest BCUT2D eigenvalue weighted by molar-refractivity contribution is 5.91. The molecule has 1 unspecified atom stereocenters. The van der Waals surface area contributed by atoms with Gasteiger partial charge in [-0.25, -0.2) is 0 Å². The van der Waals surface area contributed by atoms with E-state index in [0.717, 1.165) is 22.1 Å². The van der Waals surface area contributed by atoms with Crippen LogP contribution in [0.1, 0.15) is 24.4 Å². The first-order chi connectivity index (χ1) is 9.13. The lowest BCUT2D eigenvalue weighted by Gasteiger charge is -2.15. The Labute approximate surface area is 111 Å². The standard InChI is InChI=1S/C15H17NO3/c1-19-14-8-6-11(13(16)7-9-15(17)18)10-4-2-3-5-12(10)14/h2-6,8,13H,7,9,16H2,1H3,(H,17,18). The number of carboxylic acids is 1. The SMILES string of the molecule is COc1ccc(C(N)CCC(=O)O)c2ccccc12. The second-order valence-corrected chi connectivity index (χ2v) is 4.44. The molecule has 3 N–H and O–H groups in total. The van der Waals surface area contributed by atoms with Crippen LogP contribution in [0.5, 0.6) is 5.75 Å². The van der Waals surface area contributed by atoms with Crippen molar-refractivity contribution in [3.05, 3.63) is 42.0 Å². The monoisotopic (exact) mass is 259 g/mol. The number of carbonyl (C=O) groups is 1. The van der Waals surface area contributed by atoms with Gasteiger partial charge in [-0.2, -0.15) is 0 Å². The molecule has 4 heteroatoms. The first kappa shape index (κ1) is 13.4. The van der Waals surface area contributed by atoms with E-state index in [1.807, 2.05) is 36.4 Å². The lowest BCUT2D eigenvalue weighted by molar-refractivity contribution is -0.137. The Morgan fingerprint density at radius 1 is 1.26 bits per heavy atom. The summed E-state index contributed by atoms with van der Waals surface area (Å²) in [6.07, 6.45) is 0.493. The highest BCUT2D eigenvalue weighted by Gasteiger charge is 2.13. The summed E-state index contributed by atoms with van der Waals surface area (Å²) in [5.41, 5.74) is 7.05. The molecule has 4 nitrogen and oxygen atoms in total. The number of benzene rings is 2. The molecule has 2 rings (SSSR count). The van der Waals surface area contributed by atoms with Crippen molar-refractivity contribution < 1.29 is 14.6 Å². The van der Waals surface area contributed by atoms with Gasteiger partial charge in [-0.3, -0.25) is 4.79 Å². The van der Waals surface area contributed by atoms with Crippen molar-refractivity contribution in [2.75, 3.05) is 7.11 Å². The summed E-state index contributed by atoms with van der Waals surface area (Å²) in [5.74, 6) is -0.0296. The molecule has 19 heavy (non-hydrogen) atoms. The predicted molar refractivity (Wildman–Crippen MR) is 74.3 cm³/mol. The van der Waals surface area contributed by atoms with Crippen LogP contribution in [0.3, 0.4) is 0 Å². The van der Waals surface area contributed by atoms with Crippen LogP contribution in [-0.4, -0.2) is 18.2 Å². The first-order valence-electron chi connectivity index (χ1n) is 6.16. The Balaban J connectivity index is 2.41. The Morgan fingerprint density at radius 2 is 1.95 bits per heavy atom. The molecule has 0 bridgehead atoms. The highest BCUT2D eigenvalue weighted by atomic mass is 16.5. The van der Waals surface area contributed by atoms with Crippen LogP contribution < -0.4 is 10.5 Å². The van der Waals surface area contributed by atoms with E-state index in [9.17, 15) is 4.79 Å². The van der Waals surface area contributed by atoms with E-state index in [0.29, 0.717) is 6.42 Å². The second kappa shape index (κ2) is 5.71. The molecule has 2 aromatic carbocycles. The minimum absolute atomic E-state index is 0.0710. The lowest BCUT2D eigenvalue weighted by Crippen LogP contribution is -2.12. The first-order valence-corrected chi connectivity index (χ1v) is 6.16. The average Bonchev–Trinajstić information content (AvgIpc) is 2.43. The van der Waals surface area contributed by atoms with Gasteiger partial charge >= 0.3 is 5.97 Å². The van der Waals surface area contributed by atoms with E-state index in [2.05, 4.69) is 0 Å². The second-order valence-electron chi connectivity index (χ2n) is 4.44. The van der Waals surface area contributed by atoms with E-state index in [-0.39, 0.29) is 12.5 Å². The lowest BCUT2D eigenvalue weighted by atomic mass is 9.96. The van der Waals surface area contributed by atoms with Gasteiger partial charge < -0.3 is 15.6 Å². The minimum Gasteiger partial charge on any atom is -0.496 e. The summed E-state index contributed by atoms with van der Waals surface area (Å²) in [6.45, 7) is 0. The number of ether oxygens (including phenoxy) is 1. The Hall–Kier alpha value is -2.07. The summed E-state index contributed by atoms with van der Waals surface area (Å²) < 4.78 is 5.33. The third-order valence-corrected chi connectivity index (χ3v) is 3.21. The Kier molecular flexibility index (Phi) is 4.02. The zero-order valence-corrected chi connectivity index (χ0v) is 10.8. The van der Waals surface area contributed by atoms with E-state index in [4.69, 9.17) is 15.6 Å². The zero-order valence-electron chi connectivity index (χ0n) is 10.8. The number of methoxy groups -OCH3 is 1. The highest BCUT2D eigenvalue weighted by Crippen LogP contribution is 2.32. The maximum absolute atomic E-state index is 10.6. The van der Waals surface area contributed by atoms with Crippen LogP contribution in [0.2, 0.25) is 0 Å². The molecule has 0 radical (unpaired) electrons. The van der Waals surface area contributed by atoms with Gasteiger partial charge in [0.15, 0.2) is 0 Å². The molecule has 0 aliphatic heterocycles. The molecule has 0 saturated heterocycles. The molecule has 0 fully saturated rings. The van der Waals surface area contributed by atoms with E-state index >= 15 is 0 Å². The molecule has 100 valence electrons. The molecule has 0 amide bonds. The van der Waals surface area contributed by atoms with Crippen molar-refractivity contribution in [2.24, 2.45) is 5.73 Å². The molecular formula is C15H17NO3. The fourth-order valence-corrected chi connectivity index (χ4v) is 2.23. The van der Waals surface area contributed by atoms with Crippen LogP contribution in [0.15, 0.2) is 36.4 Å². The van der Waals surface area contributed by atoms with Crippen molar-refractivity contribution in [2.45, 2.75) is 18.9 Å². The number of aliphatic carboxylic acids is 1. The summed E-state index contributed by atoms with van der Waals surface area (Å²) in [7, 11) is 1.63. The van der Waals surface area contributed by atoms with Gasteiger partial charge in [-0.1, -0.05) is 30.3 Å². The summed E-state index contributed by atoms with van der Waals surface area (Å²) in [4.78, 5) is 10.6. The Morgan fingerprint density at radius 3 is 2.58 bits per heavy atom. The van der Waals surface area contributed by atoms with Gasteiger partial charge in [-0.05, 0) is 23.4 Å². The van der Waals surface area contributed by atoms with Gasteiger partial charge in [0.25, 0.3) is 0 Å². The molecule has 0 aliphatic carbocycles. The van der Waals surface area contributed by atoms with E-state index in [1.54, 1.807) is 7.11 Å².